The minimum absolute atomic E-state index is 0.0548. The number of carbonyl (C=O) groups excluding carboxylic acids is 1. The molecule has 0 saturated carbocycles. The highest BCUT2D eigenvalue weighted by atomic mass is 16.5. The van der Waals surface area contributed by atoms with Crippen LogP contribution in [0, 0.1) is 0 Å². The van der Waals surface area contributed by atoms with Crippen molar-refractivity contribution >= 4 is 11.9 Å². The Labute approximate surface area is 188 Å². The average Bonchev–Trinajstić information content (AvgIpc) is 2.81. The van der Waals surface area contributed by atoms with Crippen molar-refractivity contribution in [1.29, 1.82) is 0 Å². The van der Waals surface area contributed by atoms with Crippen molar-refractivity contribution in [3.8, 4) is 11.5 Å². The van der Waals surface area contributed by atoms with Crippen molar-refractivity contribution in [2.45, 2.75) is 25.6 Å². The van der Waals surface area contributed by atoms with Gasteiger partial charge < -0.3 is 19.5 Å². The lowest BCUT2D eigenvalue weighted by molar-refractivity contribution is -0.137. The maximum atomic E-state index is 12.8. The highest BCUT2D eigenvalue weighted by Crippen LogP contribution is 2.32. The molecule has 166 valence electrons. The molecule has 0 bridgehead atoms. The zero-order valence-electron chi connectivity index (χ0n) is 18.2. The van der Waals surface area contributed by atoms with Gasteiger partial charge in [0.2, 0.25) is 0 Å². The van der Waals surface area contributed by atoms with Gasteiger partial charge in [0.1, 0.15) is 24.2 Å². The summed E-state index contributed by atoms with van der Waals surface area (Å²) in [5, 5.41) is 9.18. The minimum atomic E-state index is -0.904. The van der Waals surface area contributed by atoms with Gasteiger partial charge in [-0.1, -0.05) is 60.7 Å². The second-order valence-electron chi connectivity index (χ2n) is 7.58. The highest BCUT2D eigenvalue weighted by Gasteiger charge is 2.21. The molecule has 0 radical (unpaired) electrons. The second kappa shape index (κ2) is 11.0. The molecular formula is C26H27NO5. The van der Waals surface area contributed by atoms with Crippen LogP contribution in [0.4, 0.5) is 0 Å². The zero-order valence-corrected chi connectivity index (χ0v) is 18.2. The van der Waals surface area contributed by atoms with Crippen LogP contribution in [0.25, 0.3) is 0 Å². The third-order valence-electron chi connectivity index (χ3n) is 4.90. The fourth-order valence-corrected chi connectivity index (χ4v) is 3.22. The molecule has 0 spiro atoms. The first-order chi connectivity index (χ1) is 15.4. The quantitative estimate of drug-likeness (QED) is 0.489. The summed E-state index contributed by atoms with van der Waals surface area (Å²) in [6, 6.07) is 24.3. The number of ether oxygens (including phenoxy) is 2. The van der Waals surface area contributed by atoms with Gasteiger partial charge in [-0.2, -0.15) is 0 Å². The van der Waals surface area contributed by atoms with Crippen LogP contribution in [-0.4, -0.2) is 36.0 Å². The number of aliphatic carboxylic acids is 1. The number of rotatable bonds is 10. The number of amides is 1. The van der Waals surface area contributed by atoms with E-state index in [-0.39, 0.29) is 18.7 Å². The standard InChI is InChI=1S/C26H27NO5/c1-27(2)26(30)22-14-13-21(31-18-19-9-5-3-6-10-19)17-24(22)32-23(15-16-25(28)29)20-11-7-4-8-12-20/h3-14,17,23H,15-16,18H2,1-2H3,(H,28,29)/t23-/m0/s1. The first-order valence-corrected chi connectivity index (χ1v) is 10.4. The van der Waals surface area contributed by atoms with Gasteiger partial charge in [0.05, 0.1) is 5.56 Å². The first kappa shape index (κ1) is 22.9. The molecule has 1 atom stereocenters. The lowest BCUT2D eigenvalue weighted by Gasteiger charge is -2.22. The molecule has 0 fully saturated rings. The van der Waals surface area contributed by atoms with Crippen LogP contribution in [0.1, 0.15) is 40.4 Å². The van der Waals surface area contributed by atoms with E-state index < -0.39 is 12.1 Å². The van der Waals surface area contributed by atoms with Crippen LogP contribution in [0.5, 0.6) is 11.5 Å². The van der Waals surface area contributed by atoms with Crippen LogP contribution in [-0.2, 0) is 11.4 Å². The van der Waals surface area contributed by atoms with Crippen molar-refractivity contribution in [3.05, 3.63) is 95.6 Å². The van der Waals surface area contributed by atoms with Gasteiger partial charge in [0, 0.05) is 26.6 Å². The molecule has 0 aromatic heterocycles. The van der Waals surface area contributed by atoms with Gasteiger partial charge in [-0.05, 0) is 29.7 Å². The monoisotopic (exact) mass is 433 g/mol. The number of carboxylic acids is 1. The van der Waals surface area contributed by atoms with Gasteiger partial charge >= 0.3 is 5.97 Å². The summed E-state index contributed by atoms with van der Waals surface area (Å²) in [7, 11) is 3.34. The average molecular weight is 434 g/mol. The van der Waals surface area contributed by atoms with E-state index in [1.165, 1.54) is 4.90 Å². The fourth-order valence-electron chi connectivity index (χ4n) is 3.22. The van der Waals surface area contributed by atoms with Gasteiger partial charge in [0.25, 0.3) is 5.91 Å². The normalized spacial score (nSPS) is 11.4. The summed E-state index contributed by atoms with van der Waals surface area (Å²) >= 11 is 0. The third-order valence-corrected chi connectivity index (χ3v) is 4.90. The molecule has 0 aliphatic carbocycles. The van der Waals surface area contributed by atoms with Gasteiger partial charge in [-0.15, -0.1) is 0 Å². The molecule has 32 heavy (non-hydrogen) atoms. The minimum Gasteiger partial charge on any atom is -0.489 e. The topological polar surface area (TPSA) is 76.1 Å². The zero-order chi connectivity index (χ0) is 22.9. The summed E-state index contributed by atoms with van der Waals surface area (Å²) < 4.78 is 12.2. The van der Waals surface area contributed by atoms with Gasteiger partial charge in [-0.3, -0.25) is 9.59 Å². The van der Waals surface area contributed by atoms with Gasteiger partial charge in [0.15, 0.2) is 0 Å². The molecule has 3 aromatic carbocycles. The van der Waals surface area contributed by atoms with E-state index >= 15 is 0 Å². The molecular weight excluding hydrogens is 406 g/mol. The van der Waals surface area contributed by atoms with Crippen molar-refractivity contribution < 1.29 is 24.2 Å². The molecule has 1 N–H and O–H groups in total. The van der Waals surface area contributed by atoms with Crippen LogP contribution in [0.15, 0.2) is 78.9 Å². The van der Waals surface area contributed by atoms with E-state index in [1.807, 2.05) is 60.7 Å². The lowest BCUT2D eigenvalue weighted by atomic mass is 10.0. The van der Waals surface area contributed by atoms with E-state index in [0.717, 1.165) is 11.1 Å². The van der Waals surface area contributed by atoms with Crippen molar-refractivity contribution in [3.63, 3.8) is 0 Å². The Hall–Kier alpha value is -3.80. The molecule has 3 rings (SSSR count). The molecule has 1 amide bonds. The molecule has 6 nitrogen and oxygen atoms in total. The van der Waals surface area contributed by atoms with Gasteiger partial charge in [-0.25, -0.2) is 0 Å². The van der Waals surface area contributed by atoms with Crippen molar-refractivity contribution in [1.82, 2.24) is 4.90 Å². The summed E-state index contributed by atoms with van der Waals surface area (Å²) in [6.07, 6.45) is -0.310. The van der Waals surface area contributed by atoms with E-state index in [0.29, 0.717) is 23.7 Å². The SMILES string of the molecule is CN(C)C(=O)c1ccc(OCc2ccccc2)cc1O[C@@H](CCC(=O)O)c1ccccc1. The van der Waals surface area contributed by atoms with Crippen LogP contribution in [0.2, 0.25) is 0 Å². The molecule has 0 heterocycles. The second-order valence-corrected chi connectivity index (χ2v) is 7.58. The Balaban J connectivity index is 1.90. The summed E-state index contributed by atoms with van der Waals surface area (Å²) in [6.45, 7) is 0.377. The van der Waals surface area contributed by atoms with Crippen LogP contribution >= 0.6 is 0 Å². The number of benzene rings is 3. The molecule has 0 unspecified atom stereocenters. The largest absolute Gasteiger partial charge is 0.489 e. The predicted octanol–water partition coefficient (Wildman–Crippen LogP) is 4.95. The lowest BCUT2D eigenvalue weighted by Crippen LogP contribution is -2.23. The van der Waals surface area contributed by atoms with E-state index in [4.69, 9.17) is 9.47 Å². The summed E-state index contributed by atoms with van der Waals surface area (Å²) in [5.41, 5.74) is 2.25. The van der Waals surface area contributed by atoms with E-state index in [9.17, 15) is 14.7 Å². The van der Waals surface area contributed by atoms with E-state index in [1.54, 1.807) is 32.3 Å². The molecule has 0 aliphatic rings. The Kier molecular flexibility index (Phi) is 7.86. The Morgan fingerprint density at radius 3 is 2.22 bits per heavy atom. The van der Waals surface area contributed by atoms with Crippen molar-refractivity contribution in [2.24, 2.45) is 0 Å². The first-order valence-electron chi connectivity index (χ1n) is 10.4. The predicted molar refractivity (Wildman–Crippen MR) is 122 cm³/mol. The number of carbonyl (C=O) groups is 2. The Morgan fingerprint density at radius 1 is 0.938 bits per heavy atom. The van der Waals surface area contributed by atoms with Crippen LogP contribution in [0.3, 0.4) is 0 Å². The number of hydrogen-bond donors (Lipinski definition) is 1. The number of hydrogen-bond acceptors (Lipinski definition) is 4. The molecule has 6 heteroatoms. The maximum absolute atomic E-state index is 12.8. The van der Waals surface area contributed by atoms with Crippen molar-refractivity contribution in [2.75, 3.05) is 14.1 Å². The van der Waals surface area contributed by atoms with E-state index in [2.05, 4.69) is 0 Å². The molecule has 0 aliphatic heterocycles. The summed E-state index contributed by atoms with van der Waals surface area (Å²) in [5.74, 6) is -0.198. The Morgan fingerprint density at radius 2 is 1.59 bits per heavy atom. The highest BCUT2D eigenvalue weighted by molar-refractivity contribution is 5.96. The van der Waals surface area contributed by atoms with Crippen LogP contribution < -0.4 is 9.47 Å². The fraction of sp³-hybridized carbons (Fsp3) is 0.231. The molecule has 0 saturated heterocycles. The molecule has 3 aromatic rings. The smallest absolute Gasteiger partial charge is 0.303 e. The Bertz CT molecular complexity index is 1030. The summed E-state index contributed by atoms with van der Waals surface area (Å²) in [4.78, 5) is 25.4. The number of nitrogens with zero attached hydrogens (tertiary/aromatic N) is 1. The third kappa shape index (κ3) is 6.35. The number of carboxylic acid groups (broad SMARTS) is 1. The maximum Gasteiger partial charge on any atom is 0.303 e.